The Kier molecular flexibility index (Phi) is 6.02. The first-order valence-electron chi connectivity index (χ1n) is 7.61. The first-order valence-corrected chi connectivity index (χ1v) is 7.61. The zero-order chi connectivity index (χ0) is 16.8. The highest BCUT2D eigenvalue weighted by Gasteiger charge is 2.19. The first kappa shape index (κ1) is 17.3. The predicted octanol–water partition coefficient (Wildman–Crippen LogP) is 5.87. The van der Waals surface area contributed by atoms with Gasteiger partial charge in [-0.25, -0.2) is 13.2 Å². The molecule has 0 saturated heterocycles. The molecule has 2 aromatic carbocycles. The van der Waals surface area contributed by atoms with E-state index in [-0.39, 0.29) is 23.5 Å². The van der Waals surface area contributed by atoms with Crippen molar-refractivity contribution < 1.29 is 22.3 Å². The van der Waals surface area contributed by atoms with Crippen molar-refractivity contribution in [2.75, 3.05) is 6.61 Å². The van der Waals surface area contributed by atoms with Crippen LogP contribution in [-0.2, 0) is 0 Å². The molecule has 0 bridgehead atoms. The number of hydrogen-bond acceptors (Lipinski definition) is 1. The van der Waals surface area contributed by atoms with Crippen molar-refractivity contribution in [1.82, 2.24) is 0 Å². The van der Waals surface area contributed by atoms with Crippen LogP contribution in [0.25, 0.3) is 11.1 Å². The zero-order valence-corrected chi connectivity index (χ0v) is 12.8. The van der Waals surface area contributed by atoms with E-state index in [0.29, 0.717) is 0 Å². The number of benzene rings is 2. The minimum absolute atomic E-state index is 0.223. The molecule has 5 heteroatoms. The molecule has 2 rings (SSSR count). The summed E-state index contributed by atoms with van der Waals surface area (Å²) >= 11 is 0. The highest BCUT2D eigenvalue weighted by molar-refractivity contribution is 5.66. The van der Waals surface area contributed by atoms with Gasteiger partial charge in [-0.2, -0.15) is 4.39 Å². The average molecular weight is 326 g/mol. The summed E-state index contributed by atoms with van der Waals surface area (Å²) in [6.45, 7) is 2.35. The van der Waals surface area contributed by atoms with Gasteiger partial charge in [0.05, 0.1) is 6.61 Å². The Morgan fingerprint density at radius 3 is 2.26 bits per heavy atom. The lowest BCUT2D eigenvalue weighted by atomic mass is 10.0. The van der Waals surface area contributed by atoms with Gasteiger partial charge in [0.25, 0.3) is 0 Å². The van der Waals surface area contributed by atoms with Crippen LogP contribution in [0.15, 0.2) is 30.3 Å². The van der Waals surface area contributed by atoms with Crippen molar-refractivity contribution >= 4 is 0 Å². The molecule has 0 fully saturated rings. The molecule has 0 saturated carbocycles. The highest BCUT2D eigenvalue weighted by atomic mass is 19.2. The highest BCUT2D eigenvalue weighted by Crippen LogP contribution is 2.32. The lowest BCUT2D eigenvalue weighted by Gasteiger charge is -2.11. The van der Waals surface area contributed by atoms with E-state index in [9.17, 15) is 17.6 Å². The summed E-state index contributed by atoms with van der Waals surface area (Å²) in [5.41, 5.74) is -0.659. The zero-order valence-electron chi connectivity index (χ0n) is 12.8. The summed E-state index contributed by atoms with van der Waals surface area (Å²) in [6.07, 6.45) is 3.82. The van der Waals surface area contributed by atoms with Crippen LogP contribution < -0.4 is 4.74 Å². The number of hydrogen-bond donors (Lipinski definition) is 0. The maximum atomic E-state index is 14.1. The van der Waals surface area contributed by atoms with Crippen LogP contribution in [-0.4, -0.2) is 6.61 Å². The van der Waals surface area contributed by atoms with Gasteiger partial charge < -0.3 is 4.74 Å². The summed E-state index contributed by atoms with van der Waals surface area (Å²) in [5.74, 6) is -4.99. The van der Waals surface area contributed by atoms with Crippen LogP contribution in [0.3, 0.4) is 0 Å². The normalized spacial score (nSPS) is 10.8. The fourth-order valence-electron chi connectivity index (χ4n) is 2.27. The first-order chi connectivity index (χ1) is 11.1. The minimum Gasteiger partial charge on any atom is -0.490 e. The summed E-state index contributed by atoms with van der Waals surface area (Å²) < 4.78 is 60.4. The third-order valence-corrected chi connectivity index (χ3v) is 3.54. The third-order valence-electron chi connectivity index (χ3n) is 3.54. The van der Waals surface area contributed by atoms with Crippen LogP contribution in [0.2, 0.25) is 0 Å². The van der Waals surface area contributed by atoms with Crippen LogP contribution in [0, 0.1) is 23.3 Å². The third kappa shape index (κ3) is 4.03. The van der Waals surface area contributed by atoms with Gasteiger partial charge in [0.2, 0.25) is 5.82 Å². The second kappa shape index (κ2) is 7.99. The van der Waals surface area contributed by atoms with Crippen molar-refractivity contribution in [2.24, 2.45) is 0 Å². The fourth-order valence-corrected chi connectivity index (χ4v) is 2.27. The summed E-state index contributed by atoms with van der Waals surface area (Å²) in [7, 11) is 0. The van der Waals surface area contributed by atoms with Crippen molar-refractivity contribution in [3.05, 3.63) is 53.6 Å². The van der Waals surface area contributed by atoms with E-state index in [1.165, 1.54) is 24.3 Å². The maximum absolute atomic E-state index is 14.1. The topological polar surface area (TPSA) is 9.23 Å². The molecule has 1 nitrogen and oxygen atoms in total. The van der Waals surface area contributed by atoms with Gasteiger partial charge in [0, 0.05) is 11.1 Å². The van der Waals surface area contributed by atoms with Crippen molar-refractivity contribution in [1.29, 1.82) is 0 Å². The standard InChI is InChI=1S/C18H18F4O/c1-2-3-4-5-11-23-15-10-9-13(17(21)18(15)22)12-7-6-8-14(19)16(12)20/h6-10H,2-5,11H2,1H3. The maximum Gasteiger partial charge on any atom is 0.201 e. The largest absolute Gasteiger partial charge is 0.490 e. The van der Waals surface area contributed by atoms with Crippen molar-refractivity contribution in [3.63, 3.8) is 0 Å². The number of ether oxygens (including phenoxy) is 1. The van der Waals surface area contributed by atoms with E-state index in [0.717, 1.165) is 31.7 Å². The molecule has 0 radical (unpaired) electrons. The number of unbranched alkanes of at least 4 members (excludes halogenated alkanes) is 3. The lowest BCUT2D eigenvalue weighted by Crippen LogP contribution is -2.02. The van der Waals surface area contributed by atoms with Gasteiger partial charge in [-0.05, 0) is 24.6 Å². The van der Waals surface area contributed by atoms with Gasteiger partial charge in [0.1, 0.15) is 0 Å². The molecule has 2 aromatic rings. The smallest absolute Gasteiger partial charge is 0.201 e. The molecule has 0 N–H and O–H groups in total. The Morgan fingerprint density at radius 2 is 1.52 bits per heavy atom. The molecule has 0 amide bonds. The van der Waals surface area contributed by atoms with Gasteiger partial charge >= 0.3 is 0 Å². The minimum atomic E-state index is -1.25. The van der Waals surface area contributed by atoms with Crippen LogP contribution in [0.1, 0.15) is 32.6 Å². The summed E-state index contributed by atoms with van der Waals surface area (Å²) in [4.78, 5) is 0. The Hall–Kier alpha value is -2.04. The van der Waals surface area contributed by atoms with E-state index in [1.54, 1.807) is 0 Å². The van der Waals surface area contributed by atoms with E-state index < -0.39 is 23.3 Å². The van der Waals surface area contributed by atoms with Crippen LogP contribution >= 0.6 is 0 Å². The van der Waals surface area contributed by atoms with E-state index in [1.807, 2.05) is 0 Å². The summed E-state index contributed by atoms with van der Waals surface area (Å²) in [5, 5.41) is 0. The SMILES string of the molecule is CCCCCCOc1ccc(-c2cccc(F)c2F)c(F)c1F. The molecule has 0 heterocycles. The van der Waals surface area contributed by atoms with Crippen molar-refractivity contribution in [2.45, 2.75) is 32.6 Å². The van der Waals surface area contributed by atoms with E-state index in [4.69, 9.17) is 4.74 Å². The van der Waals surface area contributed by atoms with E-state index in [2.05, 4.69) is 6.92 Å². The Labute approximate surface area is 132 Å². The monoisotopic (exact) mass is 326 g/mol. The molecular weight excluding hydrogens is 308 g/mol. The number of rotatable bonds is 7. The molecule has 0 spiro atoms. The lowest BCUT2D eigenvalue weighted by molar-refractivity contribution is 0.285. The average Bonchev–Trinajstić information content (AvgIpc) is 2.54. The molecule has 0 aliphatic rings. The quantitative estimate of drug-likeness (QED) is 0.457. The summed E-state index contributed by atoms with van der Waals surface area (Å²) in [6, 6.07) is 5.78. The van der Waals surface area contributed by atoms with Crippen LogP contribution in [0.4, 0.5) is 17.6 Å². The van der Waals surface area contributed by atoms with Gasteiger partial charge in [-0.15, -0.1) is 0 Å². The Bertz CT molecular complexity index is 670. The second-order valence-corrected chi connectivity index (χ2v) is 5.25. The predicted molar refractivity (Wildman–Crippen MR) is 81.3 cm³/mol. The number of halogens is 4. The molecule has 0 atom stereocenters. The Balaban J connectivity index is 2.19. The molecule has 124 valence electrons. The molecule has 0 aliphatic carbocycles. The van der Waals surface area contributed by atoms with Crippen molar-refractivity contribution in [3.8, 4) is 16.9 Å². The van der Waals surface area contributed by atoms with Gasteiger partial charge in [-0.3, -0.25) is 0 Å². The molecular formula is C18H18F4O. The fraction of sp³-hybridized carbons (Fsp3) is 0.333. The molecule has 0 aromatic heterocycles. The molecule has 0 unspecified atom stereocenters. The molecule has 23 heavy (non-hydrogen) atoms. The van der Waals surface area contributed by atoms with Crippen LogP contribution in [0.5, 0.6) is 5.75 Å². The Morgan fingerprint density at radius 1 is 0.783 bits per heavy atom. The van der Waals surface area contributed by atoms with Gasteiger partial charge in [0.15, 0.2) is 23.2 Å². The van der Waals surface area contributed by atoms with E-state index >= 15 is 0 Å². The van der Waals surface area contributed by atoms with Gasteiger partial charge in [-0.1, -0.05) is 38.3 Å². The molecule has 0 aliphatic heterocycles. The second-order valence-electron chi connectivity index (χ2n) is 5.25.